The van der Waals surface area contributed by atoms with E-state index in [9.17, 15) is 4.79 Å². The molecule has 2 heterocycles. The average molecular weight is 399 g/mol. The Morgan fingerprint density at radius 2 is 2.00 bits per heavy atom. The number of nitrogens with zero attached hydrogens (tertiary/aromatic N) is 3. The highest BCUT2D eigenvalue weighted by Gasteiger charge is 2.17. The van der Waals surface area contributed by atoms with E-state index in [1.165, 1.54) is 30.2 Å². The second kappa shape index (κ2) is 10.5. The fourth-order valence-electron chi connectivity index (χ4n) is 3.38. The van der Waals surface area contributed by atoms with Gasteiger partial charge in [-0.2, -0.15) is 0 Å². The second-order valence-electron chi connectivity index (χ2n) is 7.67. The van der Waals surface area contributed by atoms with Gasteiger partial charge in [0.1, 0.15) is 17.2 Å². The van der Waals surface area contributed by atoms with Crippen LogP contribution < -0.4 is 10.2 Å². The number of carbonyl (C=O) groups is 1. The Hall–Kier alpha value is -2.08. The largest absolute Gasteiger partial charge is 0.356 e. The van der Waals surface area contributed by atoms with Crippen LogP contribution in [0, 0.1) is 5.92 Å². The molecule has 1 aromatic carbocycles. The van der Waals surface area contributed by atoms with E-state index in [0.29, 0.717) is 5.75 Å². The van der Waals surface area contributed by atoms with Crippen LogP contribution in [0.1, 0.15) is 38.7 Å². The highest BCUT2D eigenvalue weighted by atomic mass is 32.2. The number of hydrogen-bond donors (Lipinski definition) is 1. The van der Waals surface area contributed by atoms with E-state index in [-0.39, 0.29) is 11.9 Å². The van der Waals surface area contributed by atoms with Crippen molar-refractivity contribution >= 4 is 23.5 Å². The summed E-state index contributed by atoms with van der Waals surface area (Å²) >= 11 is 1.47. The summed E-state index contributed by atoms with van der Waals surface area (Å²) in [6, 6.07) is 12.5. The molecule has 3 rings (SSSR count). The topological polar surface area (TPSA) is 58.1 Å². The summed E-state index contributed by atoms with van der Waals surface area (Å²) in [5, 5.41) is 3.95. The molecule has 150 valence electrons. The molecule has 0 aliphatic carbocycles. The molecule has 0 spiro atoms. The lowest BCUT2D eigenvalue weighted by Gasteiger charge is -2.31. The number of carbonyl (C=O) groups excluding carboxylic acids is 1. The SMILES string of the molecule is CC1CCN(c2cc(SCC(=O)NC(C)CCc3ccccc3)ncn2)CC1. The molecule has 2 aromatic rings. The lowest BCUT2D eigenvalue weighted by atomic mass is 9.99. The van der Waals surface area contributed by atoms with Gasteiger partial charge in [0, 0.05) is 25.2 Å². The van der Waals surface area contributed by atoms with Gasteiger partial charge < -0.3 is 10.2 Å². The van der Waals surface area contributed by atoms with Gasteiger partial charge in [0.25, 0.3) is 0 Å². The molecule has 0 radical (unpaired) electrons. The molecular weight excluding hydrogens is 368 g/mol. The number of amides is 1. The minimum atomic E-state index is 0.0533. The summed E-state index contributed by atoms with van der Waals surface area (Å²) in [7, 11) is 0. The first-order chi connectivity index (χ1) is 13.6. The Balaban J connectivity index is 1.42. The van der Waals surface area contributed by atoms with Gasteiger partial charge in [-0.25, -0.2) is 9.97 Å². The number of rotatable bonds is 8. The first-order valence-corrected chi connectivity index (χ1v) is 11.1. The standard InChI is InChI=1S/C22H30N4OS/c1-17-10-12-26(13-11-17)20-14-22(24-16-23-20)28-15-21(27)25-18(2)8-9-19-6-4-3-5-7-19/h3-7,14,16-18H,8-13,15H2,1-2H3,(H,25,27). The fraction of sp³-hybridized carbons (Fsp3) is 0.500. The van der Waals surface area contributed by atoms with E-state index in [1.54, 1.807) is 6.33 Å². The third-order valence-electron chi connectivity index (χ3n) is 5.20. The average Bonchev–Trinajstić information content (AvgIpc) is 2.72. The summed E-state index contributed by atoms with van der Waals surface area (Å²) < 4.78 is 0. The van der Waals surface area contributed by atoms with E-state index in [1.807, 2.05) is 12.1 Å². The highest BCUT2D eigenvalue weighted by molar-refractivity contribution is 7.99. The van der Waals surface area contributed by atoms with Gasteiger partial charge >= 0.3 is 0 Å². The monoisotopic (exact) mass is 398 g/mol. The Bertz CT molecular complexity index is 747. The normalized spacial score (nSPS) is 16.0. The molecule has 1 amide bonds. The van der Waals surface area contributed by atoms with Crippen LogP contribution in [0.25, 0.3) is 0 Å². The van der Waals surface area contributed by atoms with E-state index < -0.39 is 0 Å². The number of aromatic nitrogens is 2. The van der Waals surface area contributed by atoms with Crippen LogP contribution in [0.5, 0.6) is 0 Å². The zero-order valence-electron chi connectivity index (χ0n) is 16.8. The van der Waals surface area contributed by atoms with Crippen LogP contribution in [0.4, 0.5) is 5.82 Å². The molecule has 1 N–H and O–H groups in total. The molecule has 0 saturated carbocycles. The van der Waals surface area contributed by atoms with Crippen molar-refractivity contribution in [2.45, 2.75) is 50.6 Å². The molecule has 1 saturated heterocycles. The van der Waals surface area contributed by atoms with E-state index in [4.69, 9.17) is 0 Å². The lowest BCUT2D eigenvalue weighted by Crippen LogP contribution is -2.34. The molecule has 28 heavy (non-hydrogen) atoms. The smallest absolute Gasteiger partial charge is 0.230 e. The van der Waals surface area contributed by atoms with Gasteiger partial charge in [0.2, 0.25) is 5.91 Å². The van der Waals surface area contributed by atoms with Crippen LogP contribution in [0.2, 0.25) is 0 Å². The summed E-state index contributed by atoms with van der Waals surface area (Å²) in [4.78, 5) is 23.3. The minimum absolute atomic E-state index is 0.0533. The summed E-state index contributed by atoms with van der Waals surface area (Å²) in [5.41, 5.74) is 1.30. The maximum Gasteiger partial charge on any atom is 0.230 e. The predicted molar refractivity (Wildman–Crippen MR) is 116 cm³/mol. The molecule has 1 unspecified atom stereocenters. The van der Waals surface area contributed by atoms with Gasteiger partial charge in [-0.3, -0.25) is 4.79 Å². The quantitative estimate of drug-likeness (QED) is 0.539. The summed E-state index contributed by atoms with van der Waals surface area (Å²) in [6.07, 6.45) is 5.92. The maximum atomic E-state index is 12.3. The molecule has 1 atom stereocenters. The van der Waals surface area contributed by atoms with Crippen molar-refractivity contribution in [2.24, 2.45) is 5.92 Å². The molecule has 1 aliphatic heterocycles. The molecular formula is C22H30N4OS. The van der Waals surface area contributed by atoms with Crippen molar-refractivity contribution in [1.82, 2.24) is 15.3 Å². The number of aryl methyl sites for hydroxylation is 1. The zero-order chi connectivity index (χ0) is 19.8. The Labute approximate surface area is 172 Å². The molecule has 1 fully saturated rings. The third kappa shape index (κ3) is 6.51. The number of nitrogens with one attached hydrogen (secondary N) is 1. The van der Waals surface area contributed by atoms with Crippen LogP contribution >= 0.6 is 11.8 Å². The van der Waals surface area contributed by atoms with Gasteiger partial charge in [-0.05, 0) is 44.1 Å². The molecule has 6 heteroatoms. The maximum absolute atomic E-state index is 12.3. The van der Waals surface area contributed by atoms with Crippen molar-refractivity contribution < 1.29 is 4.79 Å². The van der Waals surface area contributed by atoms with Crippen LogP contribution in [0.3, 0.4) is 0 Å². The van der Waals surface area contributed by atoms with Crippen molar-refractivity contribution in [2.75, 3.05) is 23.7 Å². The van der Waals surface area contributed by atoms with Crippen molar-refractivity contribution in [3.8, 4) is 0 Å². The summed E-state index contributed by atoms with van der Waals surface area (Å²) in [6.45, 7) is 6.45. The lowest BCUT2D eigenvalue weighted by molar-refractivity contribution is -0.119. The number of benzene rings is 1. The van der Waals surface area contributed by atoms with E-state index in [0.717, 1.165) is 42.7 Å². The first kappa shape index (κ1) is 20.6. The van der Waals surface area contributed by atoms with Crippen LogP contribution in [-0.4, -0.2) is 40.8 Å². The van der Waals surface area contributed by atoms with Crippen LogP contribution in [0.15, 0.2) is 47.8 Å². The van der Waals surface area contributed by atoms with E-state index >= 15 is 0 Å². The second-order valence-corrected chi connectivity index (χ2v) is 8.66. The number of anilines is 1. The highest BCUT2D eigenvalue weighted by Crippen LogP contribution is 2.24. The van der Waals surface area contributed by atoms with E-state index in [2.05, 4.69) is 58.3 Å². The number of piperidine rings is 1. The molecule has 5 nitrogen and oxygen atoms in total. The molecule has 1 aromatic heterocycles. The van der Waals surface area contributed by atoms with Crippen molar-refractivity contribution in [1.29, 1.82) is 0 Å². The minimum Gasteiger partial charge on any atom is -0.356 e. The predicted octanol–water partition coefficient (Wildman–Crippen LogP) is 3.94. The van der Waals surface area contributed by atoms with Gasteiger partial charge in [0.15, 0.2) is 0 Å². The number of hydrogen-bond acceptors (Lipinski definition) is 5. The Kier molecular flexibility index (Phi) is 7.71. The van der Waals surface area contributed by atoms with Gasteiger partial charge in [0.05, 0.1) is 5.75 Å². The third-order valence-corrected chi connectivity index (χ3v) is 6.13. The Morgan fingerprint density at radius 1 is 1.25 bits per heavy atom. The Morgan fingerprint density at radius 3 is 2.75 bits per heavy atom. The number of thioether (sulfide) groups is 1. The van der Waals surface area contributed by atoms with Crippen LogP contribution in [-0.2, 0) is 11.2 Å². The first-order valence-electron chi connectivity index (χ1n) is 10.1. The van der Waals surface area contributed by atoms with Gasteiger partial charge in [-0.1, -0.05) is 49.0 Å². The molecule has 0 bridgehead atoms. The van der Waals surface area contributed by atoms with Crippen molar-refractivity contribution in [3.63, 3.8) is 0 Å². The zero-order valence-corrected chi connectivity index (χ0v) is 17.6. The van der Waals surface area contributed by atoms with Gasteiger partial charge in [-0.15, -0.1) is 0 Å². The fourth-order valence-corrected chi connectivity index (χ4v) is 4.05. The van der Waals surface area contributed by atoms with Crippen molar-refractivity contribution in [3.05, 3.63) is 48.3 Å². The summed E-state index contributed by atoms with van der Waals surface area (Å²) in [5.74, 6) is 2.20. The molecule has 1 aliphatic rings.